The van der Waals surface area contributed by atoms with E-state index in [2.05, 4.69) is 48.3 Å². The van der Waals surface area contributed by atoms with Crippen molar-refractivity contribution in [2.75, 3.05) is 51.2 Å². The third-order valence-corrected chi connectivity index (χ3v) is 8.65. The van der Waals surface area contributed by atoms with E-state index in [1.807, 2.05) is 46.7 Å². The maximum atomic E-state index is 13.9. The Labute approximate surface area is 244 Å². The highest BCUT2D eigenvalue weighted by atomic mass is 79.9. The number of piperazine rings is 1. The average molecular weight is 658 g/mol. The molecule has 0 bridgehead atoms. The molecule has 2 aliphatic heterocycles. The molecule has 2 fully saturated rings. The number of carbonyl (C=O) groups is 3. The Morgan fingerprint density at radius 1 is 1.05 bits per heavy atom. The predicted molar refractivity (Wildman–Crippen MR) is 158 cm³/mol. The van der Waals surface area contributed by atoms with Crippen LogP contribution in [-0.4, -0.2) is 94.3 Å². The zero-order chi connectivity index (χ0) is 27.8. The molecular weight excluding hydrogens is 628 g/mol. The number of halogens is 2. The van der Waals surface area contributed by atoms with E-state index in [0.717, 1.165) is 31.4 Å². The number of carbonyl (C=O) groups excluding carboxylic acids is 3. The second kappa shape index (κ2) is 11.1. The Morgan fingerprint density at radius 2 is 1.74 bits per heavy atom. The molecule has 3 aromatic rings. The Kier molecular flexibility index (Phi) is 7.82. The molecule has 2 aliphatic rings. The van der Waals surface area contributed by atoms with Gasteiger partial charge in [-0.05, 0) is 59.3 Å². The third kappa shape index (κ3) is 5.34. The second-order valence-corrected chi connectivity index (χ2v) is 11.8. The summed E-state index contributed by atoms with van der Waals surface area (Å²) in [4.78, 5) is 50.9. The summed E-state index contributed by atoms with van der Waals surface area (Å²) in [7, 11) is 1.77. The topological polar surface area (TPSA) is 82.0 Å². The van der Waals surface area contributed by atoms with Crippen molar-refractivity contribution in [2.45, 2.75) is 19.5 Å². The number of amides is 3. The second-order valence-electron chi connectivity index (χ2n) is 9.93. The number of aromatic nitrogens is 2. The van der Waals surface area contributed by atoms with Crippen molar-refractivity contribution >= 4 is 66.3 Å². The molecule has 9 nitrogen and oxygen atoms in total. The number of likely N-dealkylation sites (N-methyl/N-ethyl adjacent to an activating group) is 1. The molecule has 0 atom stereocenters. The van der Waals surface area contributed by atoms with Crippen molar-refractivity contribution in [3.05, 3.63) is 69.4 Å². The molecule has 11 heteroatoms. The molecule has 5 rings (SSSR count). The highest BCUT2D eigenvalue weighted by molar-refractivity contribution is 9.10. The maximum absolute atomic E-state index is 13.9. The first-order valence-electron chi connectivity index (χ1n) is 12.8. The molecule has 2 saturated heterocycles. The van der Waals surface area contributed by atoms with E-state index in [4.69, 9.17) is 0 Å². The Morgan fingerprint density at radius 3 is 2.38 bits per heavy atom. The summed E-state index contributed by atoms with van der Waals surface area (Å²) < 4.78 is 3.73. The number of nitrogens with zero attached hydrogens (tertiary/aromatic N) is 6. The van der Waals surface area contributed by atoms with Crippen LogP contribution in [-0.2, 0) is 16.1 Å². The summed E-state index contributed by atoms with van der Waals surface area (Å²) in [5, 5.41) is 0.825. The number of likely N-dealkylation sites (tertiary alicyclic amines) is 1. The molecule has 0 spiro atoms. The van der Waals surface area contributed by atoms with Gasteiger partial charge in [-0.2, -0.15) is 0 Å². The van der Waals surface area contributed by atoms with Gasteiger partial charge in [-0.15, -0.1) is 0 Å². The lowest BCUT2D eigenvalue weighted by molar-refractivity contribution is -0.142. The monoisotopic (exact) mass is 656 g/mol. The van der Waals surface area contributed by atoms with Crippen LogP contribution in [0.25, 0.3) is 10.9 Å². The van der Waals surface area contributed by atoms with Crippen LogP contribution in [0.4, 0.5) is 5.82 Å². The normalized spacial score (nSPS) is 15.8. The molecule has 0 unspecified atom stereocenters. The molecule has 1 aromatic carbocycles. The van der Waals surface area contributed by atoms with Gasteiger partial charge < -0.3 is 24.2 Å². The average Bonchev–Trinajstić information content (AvgIpc) is 3.17. The fourth-order valence-electron chi connectivity index (χ4n) is 5.24. The van der Waals surface area contributed by atoms with Crippen LogP contribution in [0, 0.1) is 6.92 Å². The van der Waals surface area contributed by atoms with E-state index in [0.29, 0.717) is 44.8 Å². The van der Waals surface area contributed by atoms with Crippen molar-refractivity contribution in [1.82, 2.24) is 24.3 Å². The Hall–Kier alpha value is -3.18. The molecular formula is C28H30Br2N6O3. The first kappa shape index (κ1) is 27.4. The summed E-state index contributed by atoms with van der Waals surface area (Å²) in [6, 6.07) is 9.74. The van der Waals surface area contributed by atoms with E-state index in [-0.39, 0.29) is 30.3 Å². The van der Waals surface area contributed by atoms with Gasteiger partial charge in [-0.1, -0.05) is 22.5 Å². The lowest BCUT2D eigenvalue weighted by atomic mass is 10.1. The van der Waals surface area contributed by atoms with E-state index in [9.17, 15) is 14.4 Å². The van der Waals surface area contributed by atoms with Crippen LogP contribution in [0.15, 0.2) is 58.1 Å². The molecule has 0 N–H and O–H groups in total. The number of hydrogen-bond donors (Lipinski definition) is 0. The number of rotatable bonds is 6. The van der Waals surface area contributed by atoms with E-state index < -0.39 is 0 Å². The molecule has 0 radical (unpaired) electrons. The molecule has 204 valence electrons. The Bertz CT molecular complexity index is 1440. The highest BCUT2D eigenvalue weighted by Gasteiger charge is 2.35. The van der Waals surface area contributed by atoms with Crippen LogP contribution in [0.5, 0.6) is 0 Å². The fraction of sp³-hybridized carbons (Fsp3) is 0.357. The van der Waals surface area contributed by atoms with Crippen LogP contribution >= 0.6 is 31.9 Å². The minimum absolute atomic E-state index is 0.0314. The molecule has 0 aliphatic carbocycles. The maximum Gasteiger partial charge on any atom is 0.256 e. The molecule has 2 aromatic heterocycles. The smallest absolute Gasteiger partial charge is 0.256 e. The lowest BCUT2D eigenvalue weighted by Gasteiger charge is -2.43. The molecule has 3 amide bonds. The standard InChI is InChI=1S/C28H30Br2N6O3/c1-4-25(37)35-15-21(16-35)32(3)26(38)17-36-18(2)27(22-13-19(29)5-7-23(22)36)28(39)34-11-9-33(10-12-34)24-8-6-20(30)14-31-24/h4-8,13-14,21H,1,9-12,15-17H2,2-3H3. The van der Waals surface area contributed by atoms with E-state index >= 15 is 0 Å². The van der Waals surface area contributed by atoms with Gasteiger partial charge in [0.2, 0.25) is 11.8 Å². The third-order valence-electron chi connectivity index (χ3n) is 7.68. The van der Waals surface area contributed by atoms with Crippen molar-refractivity contribution in [3.8, 4) is 0 Å². The first-order valence-corrected chi connectivity index (χ1v) is 14.4. The van der Waals surface area contributed by atoms with Gasteiger partial charge >= 0.3 is 0 Å². The highest BCUT2D eigenvalue weighted by Crippen LogP contribution is 2.31. The van der Waals surface area contributed by atoms with Crippen LogP contribution in [0.3, 0.4) is 0 Å². The number of benzene rings is 1. The van der Waals surface area contributed by atoms with Gasteiger partial charge in [0.25, 0.3) is 5.91 Å². The largest absolute Gasteiger partial charge is 0.353 e. The predicted octanol–water partition coefficient (Wildman–Crippen LogP) is 3.69. The van der Waals surface area contributed by atoms with Crippen LogP contribution in [0.1, 0.15) is 16.1 Å². The lowest BCUT2D eigenvalue weighted by Crippen LogP contribution is -2.61. The molecule has 39 heavy (non-hydrogen) atoms. The van der Waals surface area contributed by atoms with Crippen molar-refractivity contribution in [1.29, 1.82) is 0 Å². The SMILES string of the molecule is C=CC(=O)N1CC(N(C)C(=O)Cn2c(C)c(C(=O)N3CCN(c4ccc(Br)cn4)CC3)c3cc(Br)ccc32)C1. The van der Waals surface area contributed by atoms with Crippen molar-refractivity contribution in [3.63, 3.8) is 0 Å². The van der Waals surface area contributed by atoms with E-state index in [1.165, 1.54) is 6.08 Å². The fourth-order valence-corrected chi connectivity index (χ4v) is 5.84. The van der Waals surface area contributed by atoms with Gasteiger partial charge in [-0.3, -0.25) is 14.4 Å². The zero-order valence-corrected chi connectivity index (χ0v) is 25.1. The van der Waals surface area contributed by atoms with E-state index in [1.54, 1.807) is 23.0 Å². The first-order chi connectivity index (χ1) is 18.7. The number of hydrogen-bond acceptors (Lipinski definition) is 5. The van der Waals surface area contributed by atoms with Crippen molar-refractivity contribution in [2.24, 2.45) is 0 Å². The van der Waals surface area contributed by atoms with Gasteiger partial charge in [0.15, 0.2) is 0 Å². The van der Waals surface area contributed by atoms with Gasteiger partial charge in [0.05, 0.1) is 11.6 Å². The quantitative estimate of drug-likeness (QED) is 0.378. The molecule has 0 saturated carbocycles. The van der Waals surface area contributed by atoms with Gasteiger partial charge in [0, 0.05) is 78.1 Å². The van der Waals surface area contributed by atoms with Crippen LogP contribution < -0.4 is 4.90 Å². The van der Waals surface area contributed by atoms with Crippen molar-refractivity contribution < 1.29 is 14.4 Å². The minimum Gasteiger partial charge on any atom is -0.353 e. The summed E-state index contributed by atoms with van der Waals surface area (Å²) >= 11 is 6.98. The summed E-state index contributed by atoms with van der Waals surface area (Å²) in [5.41, 5.74) is 2.24. The number of anilines is 1. The number of fused-ring (bicyclic) bond motifs is 1. The summed E-state index contributed by atoms with van der Waals surface area (Å²) in [6.45, 7) is 9.09. The number of pyridine rings is 1. The minimum atomic E-state index is -0.123. The van der Waals surface area contributed by atoms with Crippen LogP contribution in [0.2, 0.25) is 0 Å². The zero-order valence-electron chi connectivity index (χ0n) is 21.9. The summed E-state index contributed by atoms with van der Waals surface area (Å²) in [5.74, 6) is 0.675. The summed E-state index contributed by atoms with van der Waals surface area (Å²) in [6.07, 6.45) is 3.07. The Balaban J connectivity index is 1.34. The molecule has 4 heterocycles. The van der Waals surface area contributed by atoms with Gasteiger partial charge in [-0.25, -0.2) is 4.98 Å². The van der Waals surface area contributed by atoms with Gasteiger partial charge in [0.1, 0.15) is 12.4 Å².